The van der Waals surface area contributed by atoms with Crippen LogP contribution in [0, 0.1) is 0 Å². The average molecular weight is 352 g/mol. The number of unbranched alkanes of at least 4 members (excludes halogenated alkanes) is 2. The second kappa shape index (κ2) is 10.1. The van der Waals surface area contributed by atoms with Gasteiger partial charge in [0.05, 0.1) is 0 Å². The Morgan fingerprint density at radius 3 is 2.12 bits per heavy atom. The first-order chi connectivity index (χ1) is 12.6. The molecule has 2 N–H and O–H groups in total. The first kappa shape index (κ1) is 19.4. The third kappa shape index (κ3) is 5.84. The van der Waals surface area contributed by atoms with Gasteiger partial charge in [-0.3, -0.25) is 14.4 Å². The molecule has 0 aliphatic carbocycles. The van der Waals surface area contributed by atoms with Crippen molar-refractivity contribution in [3.8, 4) is 11.1 Å². The number of amides is 2. The molecule has 0 spiro atoms. The van der Waals surface area contributed by atoms with Gasteiger partial charge in [-0.05, 0) is 36.1 Å². The summed E-state index contributed by atoms with van der Waals surface area (Å²) in [5.74, 6) is -1.04. The second-order valence-electron chi connectivity index (χ2n) is 6.01. The lowest BCUT2D eigenvalue weighted by Gasteiger charge is -2.07. The smallest absolute Gasteiger partial charge is 0.287 e. The van der Waals surface area contributed by atoms with Crippen molar-refractivity contribution < 1.29 is 14.4 Å². The fraction of sp³-hybridized carbons (Fsp3) is 0.286. The summed E-state index contributed by atoms with van der Waals surface area (Å²) in [5, 5.41) is 5.20. The highest BCUT2D eigenvalue weighted by Crippen LogP contribution is 2.19. The molecule has 2 amide bonds. The van der Waals surface area contributed by atoms with Gasteiger partial charge >= 0.3 is 0 Å². The van der Waals surface area contributed by atoms with Crippen LogP contribution in [0.4, 0.5) is 0 Å². The number of ketones is 1. The lowest BCUT2D eigenvalue weighted by molar-refractivity contribution is -0.137. The number of hydrogen-bond acceptors (Lipinski definition) is 3. The third-order valence-corrected chi connectivity index (χ3v) is 4.10. The van der Waals surface area contributed by atoms with E-state index in [-0.39, 0.29) is 12.3 Å². The van der Waals surface area contributed by atoms with Crippen LogP contribution in [0.5, 0.6) is 0 Å². The average Bonchev–Trinajstić information content (AvgIpc) is 2.70. The van der Waals surface area contributed by atoms with Crippen LogP contribution in [0.2, 0.25) is 0 Å². The van der Waals surface area contributed by atoms with Crippen LogP contribution in [0.15, 0.2) is 54.6 Å². The fourth-order valence-corrected chi connectivity index (χ4v) is 2.59. The van der Waals surface area contributed by atoms with Gasteiger partial charge in [0.25, 0.3) is 11.8 Å². The summed E-state index contributed by atoms with van der Waals surface area (Å²) in [6.45, 7) is 0.549. The minimum absolute atomic E-state index is 0.106. The lowest BCUT2D eigenvalue weighted by Crippen LogP contribution is -2.27. The van der Waals surface area contributed by atoms with Gasteiger partial charge < -0.3 is 10.6 Å². The highest BCUT2D eigenvalue weighted by atomic mass is 16.2. The molecule has 0 aliphatic rings. The Morgan fingerprint density at radius 2 is 1.46 bits per heavy atom. The van der Waals surface area contributed by atoms with Crippen LogP contribution in [0.25, 0.3) is 11.1 Å². The molecule has 0 saturated heterocycles. The molecule has 0 aliphatic heterocycles. The zero-order chi connectivity index (χ0) is 18.8. The van der Waals surface area contributed by atoms with E-state index < -0.39 is 11.7 Å². The minimum Gasteiger partial charge on any atom is -0.353 e. The third-order valence-electron chi connectivity index (χ3n) is 4.10. The van der Waals surface area contributed by atoms with E-state index in [1.54, 1.807) is 0 Å². The molecular weight excluding hydrogens is 328 g/mol. The second-order valence-corrected chi connectivity index (χ2v) is 6.01. The molecule has 0 unspecified atom stereocenters. The molecule has 0 bridgehead atoms. The van der Waals surface area contributed by atoms with Crippen molar-refractivity contribution in [2.75, 3.05) is 13.6 Å². The summed E-state index contributed by atoms with van der Waals surface area (Å²) in [5.41, 5.74) is 2.81. The van der Waals surface area contributed by atoms with Gasteiger partial charge in [0.15, 0.2) is 0 Å². The molecule has 2 aromatic carbocycles. The Morgan fingerprint density at radius 1 is 0.808 bits per heavy atom. The number of rotatable bonds is 9. The number of benzene rings is 2. The zero-order valence-electron chi connectivity index (χ0n) is 15.0. The number of likely N-dealkylation sites (N-methyl/N-ethyl adjacent to an activating group) is 1. The highest BCUT2D eigenvalue weighted by molar-refractivity contribution is 6.36. The molecule has 0 atom stereocenters. The Labute approximate surface area is 153 Å². The first-order valence-electron chi connectivity index (χ1n) is 8.80. The molecule has 5 heteroatoms. The summed E-state index contributed by atoms with van der Waals surface area (Å²) >= 11 is 0. The molecule has 2 aromatic rings. The van der Waals surface area contributed by atoms with E-state index in [1.807, 2.05) is 54.6 Å². The largest absolute Gasteiger partial charge is 0.353 e. The predicted molar refractivity (Wildman–Crippen MR) is 102 cm³/mol. The van der Waals surface area contributed by atoms with Gasteiger partial charge in [-0.2, -0.15) is 0 Å². The van der Waals surface area contributed by atoms with Crippen molar-refractivity contribution in [2.24, 2.45) is 0 Å². The van der Waals surface area contributed by atoms with Gasteiger partial charge in [0, 0.05) is 25.6 Å². The van der Waals surface area contributed by atoms with E-state index in [1.165, 1.54) is 7.05 Å². The topological polar surface area (TPSA) is 75.3 Å². The van der Waals surface area contributed by atoms with Crippen LogP contribution in [-0.2, 0) is 9.59 Å². The summed E-state index contributed by atoms with van der Waals surface area (Å²) < 4.78 is 0. The van der Waals surface area contributed by atoms with Crippen LogP contribution >= 0.6 is 0 Å². The van der Waals surface area contributed by atoms with Gasteiger partial charge in [-0.1, -0.05) is 48.9 Å². The van der Waals surface area contributed by atoms with E-state index in [2.05, 4.69) is 10.6 Å². The molecule has 5 nitrogen and oxygen atoms in total. The number of carbonyl (C=O) groups is 3. The van der Waals surface area contributed by atoms with Crippen molar-refractivity contribution in [3.05, 3.63) is 60.2 Å². The Balaban J connectivity index is 1.70. The maximum absolute atomic E-state index is 12.1. The van der Waals surface area contributed by atoms with Gasteiger partial charge in [-0.15, -0.1) is 0 Å². The maximum atomic E-state index is 12.1. The van der Waals surface area contributed by atoms with E-state index >= 15 is 0 Å². The van der Waals surface area contributed by atoms with Crippen molar-refractivity contribution in [2.45, 2.75) is 25.7 Å². The molecule has 0 radical (unpaired) electrons. The van der Waals surface area contributed by atoms with Gasteiger partial charge in [0.1, 0.15) is 0 Å². The number of carbonyl (C=O) groups excluding carboxylic acids is 3. The van der Waals surface area contributed by atoms with Crippen molar-refractivity contribution >= 4 is 17.6 Å². The summed E-state index contributed by atoms with van der Waals surface area (Å²) in [4.78, 5) is 34.6. The Bertz CT molecular complexity index is 740. The Kier molecular flexibility index (Phi) is 7.55. The SMILES string of the molecule is CNC(=O)C(=O)CCCCCNC(=O)c1ccc(-c2ccccc2)cc1. The van der Waals surface area contributed by atoms with Crippen LogP contribution < -0.4 is 10.6 Å². The maximum Gasteiger partial charge on any atom is 0.287 e. The quantitative estimate of drug-likeness (QED) is 0.538. The predicted octanol–water partition coefficient (Wildman–Crippen LogP) is 2.96. The van der Waals surface area contributed by atoms with Crippen molar-refractivity contribution in [1.29, 1.82) is 0 Å². The van der Waals surface area contributed by atoms with E-state index in [0.717, 1.165) is 24.0 Å². The molecular formula is C21H24N2O3. The standard InChI is InChI=1S/C21H24N2O3/c1-22-21(26)19(24)10-6-3-7-15-23-20(25)18-13-11-17(12-14-18)16-8-4-2-5-9-16/h2,4-5,8-9,11-14H,3,6-7,10,15H2,1H3,(H,22,26)(H,23,25). The first-order valence-corrected chi connectivity index (χ1v) is 8.80. The number of nitrogens with one attached hydrogen (secondary N) is 2. The van der Waals surface area contributed by atoms with Crippen molar-refractivity contribution in [3.63, 3.8) is 0 Å². The molecule has 0 fully saturated rings. The number of hydrogen-bond donors (Lipinski definition) is 2. The number of Topliss-reactive ketones (excluding diaryl/α,β-unsaturated/α-hetero) is 1. The fourth-order valence-electron chi connectivity index (χ4n) is 2.59. The molecule has 0 aromatic heterocycles. The summed E-state index contributed by atoms with van der Waals surface area (Å²) in [6.07, 6.45) is 2.45. The normalized spacial score (nSPS) is 10.2. The van der Waals surface area contributed by atoms with Crippen LogP contribution in [0.1, 0.15) is 36.0 Å². The van der Waals surface area contributed by atoms with E-state index in [9.17, 15) is 14.4 Å². The summed E-state index contributed by atoms with van der Waals surface area (Å²) in [6, 6.07) is 17.5. The van der Waals surface area contributed by atoms with E-state index in [0.29, 0.717) is 18.5 Å². The Hall–Kier alpha value is -2.95. The molecule has 26 heavy (non-hydrogen) atoms. The van der Waals surface area contributed by atoms with Crippen LogP contribution in [0.3, 0.4) is 0 Å². The van der Waals surface area contributed by atoms with E-state index in [4.69, 9.17) is 0 Å². The highest BCUT2D eigenvalue weighted by Gasteiger charge is 2.10. The van der Waals surface area contributed by atoms with Crippen molar-refractivity contribution in [1.82, 2.24) is 10.6 Å². The lowest BCUT2D eigenvalue weighted by atomic mass is 10.0. The van der Waals surface area contributed by atoms with Crippen LogP contribution in [-0.4, -0.2) is 31.2 Å². The zero-order valence-corrected chi connectivity index (χ0v) is 15.0. The molecule has 0 heterocycles. The van der Waals surface area contributed by atoms with Gasteiger partial charge in [0.2, 0.25) is 5.78 Å². The molecule has 0 saturated carbocycles. The molecule has 2 rings (SSSR count). The summed E-state index contributed by atoms with van der Waals surface area (Å²) in [7, 11) is 1.45. The van der Waals surface area contributed by atoms with Gasteiger partial charge in [-0.25, -0.2) is 0 Å². The minimum atomic E-state index is -0.544. The molecule has 136 valence electrons. The monoisotopic (exact) mass is 352 g/mol.